The van der Waals surface area contributed by atoms with Gasteiger partial charge in [-0.05, 0) is 12.8 Å². The van der Waals surface area contributed by atoms with Crippen molar-refractivity contribution >= 4 is 5.97 Å². The molecule has 4 heteroatoms. The number of hydrogen-bond acceptors (Lipinski definition) is 3. The van der Waals surface area contributed by atoms with Crippen LogP contribution >= 0.6 is 0 Å². The van der Waals surface area contributed by atoms with Gasteiger partial charge < -0.3 is 9.84 Å². The van der Waals surface area contributed by atoms with Crippen molar-refractivity contribution in [2.45, 2.75) is 18.4 Å². The van der Waals surface area contributed by atoms with E-state index in [1.54, 1.807) is 0 Å². The highest BCUT2D eigenvalue weighted by molar-refractivity contribution is 5.69. The number of aliphatic carboxylic acids is 1. The van der Waals surface area contributed by atoms with Crippen LogP contribution in [0.3, 0.4) is 0 Å². The maximum atomic E-state index is 10.4. The first-order valence-electron chi connectivity index (χ1n) is 4.28. The molecule has 0 unspecified atom stereocenters. The Hall–Kier alpha value is -0.610. The molecule has 0 amide bonds. The Bertz CT molecular complexity index is 190. The molecule has 1 N–H and O–H groups in total. The van der Waals surface area contributed by atoms with Crippen molar-refractivity contribution < 1.29 is 14.6 Å². The lowest BCUT2D eigenvalue weighted by Crippen LogP contribution is -2.40. The average Bonchev–Trinajstić information content (AvgIpc) is 2.75. The third-order valence-electron chi connectivity index (χ3n) is 2.68. The molecule has 2 fully saturated rings. The van der Waals surface area contributed by atoms with Gasteiger partial charge in [0.2, 0.25) is 0 Å². The second kappa shape index (κ2) is 2.71. The van der Waals surface area contributed by atoms with Crippen molar-refractivity contribution in [2.75, 3.05) is 26.2 Å². The van der Waals surface area contributed by atoms with Crippen LogP contribution in [-0.4, -0.2) is 47.8 Å². The normalized spacial score (nSPS) is 27.3. The Balaban J connectivity index is 1.78. The minimum atomic E-state index is -0.734. The molecule has 0 radical (unpaired) electrons. The molecule has 0 aromatic carbocycles. The second-order valence-corrected chi connectivity index (χ2v) is 3.64. The van der Waals surface area contributed by atoms with Gasteiger partial charge in [-0.3, -0.25) is 9.69 Å². The van der Waals surface area contributed by atoms with Gasteiger partial charge in [0.05, 0.1) is 18.8 Å². The summed E-state index contributed by atoms with van der Waals surface area (Å²) in [6, 6.07) is 0. The first-order chi connectivity index (χ1) is 5.70. The van der Waals surface area contributed by atoms with Crippen LogP contribution in [-0.2, 0) is 9.53 Å². The number of carboxylic acids is 1. The predicted octanol–water partition coefficient (Wildman–Crippen LogP) is -0.0642. The fourth-order valence-corrected chi connectivity index (χ4v) is 1.70. The molecular weight excluding hydrogens is 158 g/mol. The van der Waals surface area contributed by atoms with Crippen molar-refractivity contribution in [3.05, 3.63) is 0 Å². The van der Waals surface area contributed by atoms with Crippen LogP contribution in [0.1, 0.15) is 12.8 Å². The highest BCUT2D eigenvalue weighted by Crippen LogP contribution is 2.37. The number of ether oxygens (including phenoxy) is 1. The van der Waals surface area contributed by atoms with Crippen molar-refractivity contribution in [2.24, 2.45) is 0 Å². The summed E-state index contributed by atoms with van der Waals surface area (Å²) in [5.41, 5.74) is 0.162. The van der Waals surface area contributed by atoms with E-state index in [1.165, 1.54) is 0 Å². The lowest BCUT2D eigenvalue weighted by Gasteiger charge is -2.28. The number of carbonyl (C=O) groups is 1. The zero-order chi connectivity index (χ0) is 8.60. The Morgan fingerprint density at radius 3 is 2.50 bits per heavy atom. The summed E-state index contributed by atoms with van der Waals surface area (Å²) in [5, 5.41) is 8.54. The number of epoxide rings is 1. The smallest absolute Gasteiger partial charge is 0.317 e. The Morgan fingerprint density at radius 1 is 1.50 bits per heavy atom. The SMILES string of the molecule is O=C(O)CN1CCC2(CC1)CO2. The molecule has 0 saturated carbocycles. The van der Waals surface area contributed by atoms with E-state index in [4.69, 9.17) is 9.84 Å². The first-order valence-corrected chi connectivity index (χ1v) is 4.28. The van der Waals surface area contributed by atoms with E-state index in [2.05, 4.69) is 0 Å². The zero-order valence-corrected chi connectivity index (χ0v) is 6.95. The van der Waals surface area contributed by atoms with E-state index in [1.807, 2.05) is 4.90 Å². The van der Waals surface area contributed by atoms with Gasteiger partial charge in [0.15, 0.2) is 0 Å². The third kappa shape index (κ3) is 1.59. The Kier molecular flexibility index (Phi) is 1.81. The minimum Gasteiger partial charge on any atom is -0.480 e. The van der Waals surface area contributed by atoms with Gasteiger partial charge >= 0.3 is 5.97 Å². The van der Waals surface area contributed by atoms with Gasteiger partial charge in [0.1, 0.15) is 0 Å². The minimum absolute atomic E-state index is 0.162. The molecule has 0 aromatic rings. The molecule has 2 heterocycles. The van der Waals surface area contributed by atoms with Crippen molar-refractivity contribution in [1.29, 1.82) is 0 Å². The fraction of sp³-hybridized carbons (Fsp3) is 0.875. The molecule has 2 saturated heterocycles. The van der Waals surface area contributed by atoms with Crippen LogP contribution in [0.2, 0.25) is 0 Å². The lowest BCUT2D eigenvalue weighted by atomic mass is 9.98. The summed E-state index contributed by atoms with van der Waals surface area (Å²) in [6.45, 7) is 2.79. The van der Waals surface area contributed by atoms with Gasteiger partial charge in [-0.1, -0.05) is 0 Å². The maximum absolute atomic E-state index is 10.4. The Morgan fingerprint density at radius 2 is 2.08 bits per heavy atom. The predicted molar refractivity (Wildman–Crippen MR) is 42.0 cm³/mol. The monoisotopic (exact) mass is 171 g/mol. The number of likely N-dealkylation sites (tertiary alicyclic amines) is 1. The van der Waals surface area contributed by atoms with Gasteiger partial charge in [-0.15, -0.1) is 0 Å². The largest absolute Gasteiger partial charge is 0.480 e. The number of piperidine rings is 1. The molecule has 1 spiro atoms. The summed E-state index contributed by atoms with van der Waals surface area (Å²) in [7, 11) is 0. The highest BCUT2D eigenvalue weighted by atomic mass is 16.6. The van der Waals surface area contributed by atoms with Crippen LogP contribution in [0.5, 0.6) is 0 Å². The van der Waals surface area contributed by atoms with Crippen LogP contribution in [0.4, 0.5) is 0 Å². The summed E-state index contributed by atoms with van der Waals surface area (Å²) >= 11 is 0. The van der Waals surface area contributed by atoms with Crippen LogP contribution in [0, 0.1) is 0 Å². The summed E-state index contributed by atoms with van der Waals surface area (Å²) in [6.07, 6.45) is 2.00. The molecule has 68 valence electrons. The topological polar surface area (TPSA) is 53.1 Å². The maximum Gasteiger partial charge on any atom is 0.317 e. The molecule has 0 atom stereocenters. The molecule has 0 aliphatic carbocycles. The number of carboxylic acid groups (broad SMARTS) is 1. The molecule has 2 rings (SSSR count). The highest BCUT2D eigenvalue weighted by Gasteiger charge is 2.46. The molecule has 0 bridgehead atoms. The van der Waals surface area contributed by atoms with Crippen molar-refractivity contribution in [3.8, 4) is 0 Å². The van der Waals surface area contributed by atoms with Crippen LogP contribution < -0.4 is 0 Å². The van der Waals surface area contributed by atoms with E-state index in [0.29, 0.717) is 0 Å². The molecule has 2 aliphatic heterocycles. The molecule has 2 aliphatic rings. The van der Waals surface area contributed by atoms with Gasteiger partial charge in [-0.2, -0.15) is 0 Å². The lowest BCUT2D eigenvalue weighted by molar-refractivity contribution is -0.138. The molecular formula is C8H13NO3. The molecule has 0 aromatic heterocycles. The Labute approximate surface area is 71.1 Å². The van der Waals surface area contributed by atoms with Gasteiger partial charge in [-0.25, -0.2) is 0 Å². The van der Waals surface area contributed by atoms with Gasteiger partial charge in [0.25, 0.3) is 0 Å². The van der Waals surface area contributed by atoms with E-state index in [9.17, 15) is 4.79 Å². The molecule has 4 nitrogen and oxygen atoms in total. The summed E-state index contributed by atoms with van der Waals surface area (Å²) in [5.74, 6) is -0.734. The summed E-state index contributed by atoms with van der Waals surface area (Å²) in [4.78, 5) is 12.3. The third-order valence-corrected chi connectivity index (χ3v) is 2.68. The summed E-state index contributed by atoms with van der Waals surface area (Å²) < 4.78 is 5.32. The quantitative estimate of drug-likeness (QED) is 0.591. The van der Waals surface area contributed by atoms with E-state index >= 15 is 0 Å². The number of nitrogens with zero attached hydrogens (tertiary/aromatic N) is 1. The number of rotatable bonds is 2. The van der Waals surface area contributed by atoms with Crippen LogP contribution in [0.25, 0.3) is 0 Å². The standard InChI is InChI=1S/C8H13NO3/c10-7(11)5-9-3-1-8(2-4-9)6-12-8/h1-6H2,(H,10,11). The fourth-order valence-electron chi connectivity index (χ4n) is 1.70. The average molecular weight is 171 g/mol. The van der Waals surface area contributed by atoms with E-state index < -0.39 is 5.97 Å². The first kappa shape index (κ1) is 8.01. The van der Waals surface area contributed by atoms with Crippen molar-refractivity contribution in [3.63, 3.8) is 0 Å². The second-order valence-electron chi connectivity index (χ2n) is 3.64. The van der Waals surface area contributed by atoms with E-state index in [-0.39, 0.29) is 12.1 Å². The van der Waals surface area contributed by atoms with Gasteiger partial charge in [0, 0.05) is 13.1 Å². The number of hydrogen-bond donors (Lipinski definition) is 1. The van der Waals surface area contributed by atoms with E-state index in [0.717, 1.165) is 32.5 Å². The zero-order valence-electron chi connectivity index (χ0n) is 6.95. The van der Waals surface area contributed by atoms with Crippen LogP contribution in [0.15, 0.2) is 0 Å². The molecule has 12 heavy (non-hydrogen) atoms. The van der Waals surface area contributed by atoms with Crippen molar-refractivity contribution in [1.82, 2.24) is 4.90 Å².